The molecule has 2 amide bonds. The molecule has 1 aromatic carbocycles. The molecule has 2 aromatic rings. The van der Waals surface area contributed by atoms with Gasteiger partial charge in [0, 0.05) is 5.69 Å². The van der Waals surface area contributed by atoms with Crippen LogP contribution in [0.3, 0.4) is 0 Å². The average molecular weight is 329 g/mol. The molecule has 0 saturated carbocycles. The second-order valence-electron chi connectivity index (χ2n) is 5.28. The number of hydrogen-bond acceptors (Lipinski definition) is 4. The zero-order chi connectivity index (χ0) is 17.7. The predicted molar refractivity (Wildman–Crippen MR) is 87.4 cm³/mol. The number of carbonyl (C=O) groups is 3. The van der Waals surface area contributed by atoms with Gasteiger partial charge in [-0.25, -0.2) is 4.79 Å². The Balaban J connectivity index is 2.00. The molecule has 0 spiro atoms. The van der Waals surface area contributed by atoms with Crippen molar-refractivity contribution in [2.75, 3.05) is 7.11 Å². The number of hydrazine groups is 1. The second kappa shape index (κ2) is 7.45. The molecule has 1 aromatic heterocycles. The number of H-pyrrole nitrogens is 1. The van der Waals surface area contributed by atoms with Crippen LogP contribution in [0, 0.1) is 13.8 Å². The molecule has 3 N–H and O–H groups in total. The molecule has 0 aliphatic carbocycles. The highest BCUT2D eigenvalue weighted by molar-refractivity contribution is 6.01. The Hall–Kier alpha value is -3.09. The lowest BCUT2D eigenvalue weighted by Crippen LogP contribution is -2.42. The lowest BCUT2D eigenvalue weighted by molar-refractivity contribution is -0.121. The van der Waals surface area contributed by atoms with Crippen LogP contribution >= 0.6 is 0 Å². The summed E-state index contributed by atoms with van der Waals surface area (Å²) in [5.41, 5.74) is 7.04. The van der Waals surface area contributed by atoms with Gasteiger partial charge in [-0.1, -0.05) is 30.3 Å². The first kappa shape index (κ1) is 17.3. The molecular weight excluding hydrogens is 310 g/mol. The van der Waals surface area contributed by atoms with Gasteiger partial charge in [-0.05, 0) is 25.0 Å². The molecule has 24 heavy (non-hydrogen) atoms. The second-order valence-corrected chi connectivity index (χ2v) is 5.28. The van der Waals surface area contributed by atoms with E-state index in [4.69, 9.17) is 4.74 Å². The summed E-state index contributed by atoms with van der Waals surface area (Å²) >= 11 is 0. The number of hydrogen-bond donors (Lipinski definition) is 3. The van der Waals surface area contributed by atoms with Crippen molar-refractivity contribution in [2.24, 2.45) is 0 Å². The highest BCUT2D eigenvalue weighted by Crippen LogP contribution is 2.18. The van der Waals surface area contributed by atoms with Gasteiger partial charge in [-0.2, -0.15) is 0 Å². The Morgan fingerprint density at radius 3 is 2.38 bits per heavy atom. The van der Waals surface area contributed by atoms with Crippen molar-refractivity contribution in [2.45, 2.75) is 20.3 Å². The summed E-state index contributed by atoms with van der Waals surface area (Å²) in [5, 5.41) is 0. The van der Waals surface area contributed by atoms with Gasteiger partial charge in [0.15, 0.2) is 0 Å². The Labute approximate surface area is 139 Å². The summed E-state index contributed by atoms with van der Waals surface area (Å²) in [5.74, 6) is -1.40. The molecule has 0 aliphatic rings. The number of ether oxygens (including phenoxy) is 1. The molecule has 0 saturated heterocycles. The lowest BCUT2D eigenvalue weighted by atomic mass is 10.1. The fraction of sp³-hybridized carbons (Fsp3) is 0.235. The SMILES string of the molecule is COC(=O)c1c(C)[nH]c(C(=O)NNC(=O)Cc2ccccc2)c1C. The quantitative estimate of drug-likeness (QED) is 0.583. The number of amides is 2. The highest BCUT2D eigenvalue weighted by Gasteiger charge is 2.22. The van der Waals surface area contributed by atoms with E-state index in [1.165, 1.54) is 7.11 Å². The molecule has 7 heteroatoms. The number of rotatable bonds is 4. The molecule has 1 heterocycles. The van der Waals surface area contributed by atoms with Gasteiger partial charge in [0.2, 0.25) is 5.91 Å². The lowest BCUT2D eigenvalue weighted by Gasteiger charge is -2.07. The number of nitrogens with one attached hydrogen (secondary N) is 3. The third kappa shape index (κ3) is 3.81. The number of methoxy groups -OCH3 is 1. The molecule has 0 fully saturated rings. The van der Waals surface area contributed by atoms with Crippen molar-refractivity contribution in [1.82, 2.24) is 15.8 Å². The van der Waals surface area contributed by atoms with Crippen LogP contribution in [0.25, 0.3) is 0 Å². The molecule has 2 rings (SSSR count). The maximum atomic E-state index is 12.2. The fourth-order valence-electron chi connectivity index (χ4n) is 2.40. The van der Waals surface area contributed by atoms with Crippen LogP contribution in [0.2, 0.25) is 0 Å². The first-order valence-corrected chi connectivity index (χ1v) is 7.34. The fourth-order valence-corrected chi connectivity index (χ4v) is 2.40. The van der Waals surface area contributed by atoms with Crippen molar-refractivity contribution in [3.63, 3.8) is 0 Å². The first-order valence-electron chi connectivity index (χ1n) is 7.34. The highest BCUT2D eigenvalue weighted by atomic mass is 16.5. The van der Waals surface area contributed by atoms with Gasteiger partial charge in [-0.3, -0.25) is 20.4 Å². The van der Waals surface area contributed by atoms with E-state index in [0.29, 0.717) is 16.8 Å². The monoisotopic (exact) mass is 329 g/mol. The molecule has 0 aliphatic heterocycles. The number of aryl methyl sites for hydroxylation is 1. The summed E-state index contributed by atoms with van der Waals surface area (Å²) < 4.78 is 4.70. The van der Waals surface area contributed by atoms with Crippen molar-refractivity contribution in [3.05, 3.63) is 58.4 Å². The third-order valence-corrected chi connectivity index (χ3v) is 3.58. The Kier molecular flexibility index (Phi) is 5.36. The molecule has 0 bridgehead atoms. The smallest absolute Gasteiger partial charge is 0.339 e. The summed E-state index contributed by atoms with van der Waals surface area (Å²) in [4.78, 5) is 38.6. The van der Waals surface area contributed by atoms with E-state index in [-0.39, 0.29) is 18.0 Å². The number of benzene rings is 1. The zero-order valence-corrected chi connectivity index (χ0v) is 13.7. The van der Waals surface area contributed by atoms with Crippen molar-refractivity contribution in [1.29, 1.82) is 0 Å². The number of esters is 1. The van der Waals surface area contributed by atoms with Gasteiger partial charge in [0.05, 0.1) is 19.1 Å². The van der Waals surface area contributed by atoms with Gasteiger partial charge in [0.25, 0.3) is 5.91 Å². The van der Waals surface area contributed by atoms with Crippen LogP contribution in [0.1, 0.15) is 37.7 Å². The average Bonchev–Trinajstić information content (AvgIpc) is 2.87. The first-order chi connectivity index (χ1) is 11.4. The summed E-state index contributed by atoms with van der Waals surface area (Å²) in [6.07, 6.45) is 0.150. The minimum Gasteiger partial charge on any atom is -0.465 e. The van der Waals surface area contributed by atoms with Crippen molar-refractivity contribution >= 4 is 17.8 Å². The number of carbonyl (C=O) groups excluding carboxylic acids is 3. The largest absolute Gasteiger partial charge is 0.465 e. The Morgan fingerprint density at radius 2 is 1.75 bits per heavy atom. The van der Waals surface area contributed by atoms with Crippen LogP contribution in [-0.4, -0.2) is 29.9 Å². The van der Waals surface area contributed by atoms with Gasteiger partial charge in [0.1, 0.15) is 5.69 Å². The van der Waals surface area contributed by atoms with E-state index in [0.717, 1.165) is 5.56 Å². The molecule has 0 radical (unpaired) electrons. The van der Waals surface area contributed by atoms with Gasteiger partial charge in [-0.15, -0.1) is 0 Å². The minimum atomic E-state index is -0.535. The van der Waals surface area contributed by atoms with E-state index in [9.17, 15) is 14.4 Å². The standard InChI is InChI=1S/C17H19N3O4/c1-10-14(17(23)24-3)11(2)18-15(10)16(22)20-19-13(21)9-12-7-5-4-6-8-12/h4-8,18H,9H2,1-3H3,(H,19,21)(H,20,22). The zero-order valence-electron chi connectivity index (χ0n) is 13.7. The summed E-state index contributed by atoms with van der Waals surface area (Å²) in [7, 11) is 1.28. The van der Waals surface area contributed by atoms with Gasteiger partial charge < -0.3 is 9.72 Å². The van der Waals surface area contributed by atoms with Crippen LogP contribution in [0.5, 0.6) is 0 Å². The maximum Gasteiger partial charge on any atom is 0.339 e. The Morgan fingerprint density at radius 1 is 1.08 bits per heavy atom. The predicted octanol–water partition coefficient (Wildman–Crippen LogP) is 1.42. The van der Waals surface area contributed by atoms with E-state index < -0.39 is 11.9 Å². The summed E-state index contributed by atoms with van der Waals surface area (Å²) in [6.45, 7) is 3.31. The summed E-state index contributed by atoms with van der Waals surface area (Å²) in [6, 6.07) is 9.17. The van der Waals surface area contributed by atoms with E-state index in [2.05, 4.69) is 15.8 Å². The molecule has 0 atom stereocenters. The third-order valence-electron chi connectivity index (χ3n) is 3.58. The number of aromatic nitrogens is 1. The topological polar surface area (TPSA) is 100 Å². The van der Waals surface area contributed by atoms with Gasteiger partial charge >= 0.3 is 5.97 Å². The van der Waals surface area contributed by atoms with E-state index in [1.54, 1.807) is 13.8 Å². The normalized spacial score (nSPS) is 10.1. The van der Waals surface area contributed by atoms with Crippen LogP contribution < -0.4 is 10.9 Å². The number of aromatic amines is 1. The Bertz CT molecular complexity index is 766. The van der Waals surface area contributed by atoms with E-state index >= 15 is 0 Å². The van der Waals surface area contributed by atoms with Crippen molar-refractivity contribution in [3.8, 4) is 0 Å². The van der Waals surface area contributed by atoms with Crippen LogP contribution in [0.15, 0.2) is 30.3 Å². The van der Waals surface area contributed by atoms with E-state index in [1.807, 2.05) is 30.3 Å². The molecule has 0 unspecified atom stereocenters. The van der Waals surface area contributed by atoms with Crippen LogP contribution in [-0.2, 0) is 16.0 Å². The molecule has 7 nitrogen and oxygen atoms in total. The van der Waals surface area contributed by atoms with Crippen LogP contribution in [0.4, 0.5) is 0 Å². The van der Waals surface area contributed by atoms with Crippen molar-refractivity contribution < 1.29 is 19.1 Å². The molecular formula is C17H19N3O4. The molecule has 126 valence electrons. The maximum absolute atomic E-state index is 12.2. The minimum absolute atomic E-state index is 0.150.